The molecule has 1 aliphatic rings. The molecule has 0 bridgehead atoms. The van der Waals surface area contributed by atoms with E-state index in [-0.39, 0.29) is 5.41 Å². The third-order valence-electron chi connectivity index (χ3n) is 3.43. The lowest BCUT2D eigenvalue weighted by atomic mass is 9.83. The van der Waals surface area contributed by atoms with Gasteiger partial charge in [-0.15, -0.1) is 0 Å². The second kappa shape index (κ2) is 7.09. The van der Waals surface area contributed by atoms with Gasteiger partial charge < -0.3 is 14.3 Å². The minimum Gasteiger partial charge on any atom is -0.383 e. The van der Waals surface area contributed by atoms with E-state index >= 15 is 0 Å². The van der Waals surface area contributed by atoms with E-state index in [1.54, 1.807) is 7.11 Å². The molecular weight excluding hydrogens is 218 g/mol. The maximum absolute atomic E-state index is 11.4. The van der Waals surface area contributed by atoms with Gasteiger partial charge in [-0.3, -0.25) is 4.90 Å². The summed E-state index contributed by atoms with van der Waals surface area (Å²) in [6, 6.07) is 0.420. The van der Waals surface area contributed by atoms with Gasteiger partial charge in [0.25, 0.3) is 0 Å². The highest BCUT2D eigenvalue weighted by atomic mass is 16.5. The topological polar surface area (TPSA) is 38.8 Å². The SMILES string of the molecule is COCCN(CC1(C=O)CCCOC1)C(C)C. The van der Waals surface area contributed by atoms with E-state index in [0.29, 0.717) is 19.3 Å². The van der Waals surface area contributed by atoms with Crippen LogP contribution in [-0.4, -0.2) is 57.2 Å². The van der Waals surface area contributed by atoms with Crippen molar-refractivity contribution in [1.29, 1.82) is 0 Å². The first-order chi connectivity index (χ1) is 8.13. The van der Waals surface area contributed by atoms with Gasteiger partial charge in [0.05, 0.1) is 18.6 Å². The van der Waals surface area contributed by atoms with Gasteiger partial charge in [-0.05, 0) is 26.7 Å². The van der Waals surface area contributed by atoms with E-state index in [4.69, 9.17) is 9.47 Å². The summed E-state index contributed by atoms with van der Waals surface area (Å²) in [5.74, 6) is 0. The summed E-state index contributed by atoms with van der Waals surface area (Å²) in [5, 5.41) is 0. The number of aldehydes is 1. The summed E-state index contributed by atoms with van der Waals surface area (Å²) in [6.45, 7) is 7.99. The number of hydrogen-bond donors (Lipinski definition) is 0. The van der Waals surface area contributed by atoms with Gasteiger partial charge in [-0.1, -0.05) is 0 Å². The van der Waals surface area contributed by atoms with Gasteiger partial charge >= 0.3 is 0 Å². The molecule has 1 heterocycles. The maximum Gasteiger partial charge on any atom is 0.129 e. The van der Waals surface area contributed by atoms with Crippen LogP contribution in [0, 0.1) is 5.41 Å². The molecule has 100 valence electrons. The highest BCUT2D eigenvalue weighted by Gasteiger charge is 2.35. The van der Waals surface area contributed by atoms with Crippen LogP contribution < -0.4 is 0 Å². The van der Waals surface area contributed by atoms with E-state index < -0.39 is 0 Å². The van der Waals surface area contributed by atoms with Gasteiger partial charge in [0.2, 0.25) is 0 Å². The van der Waals surface area contributed by atoms with Crippen LogP contribution in [-0.2, 0) is 14.3 Å². The molecule has 0 aromatic carbocycles. The normalized spacial score (nSPS) is 25.5. The fourth-order valence-corrected chi connectivity index (χ4v) is 2.26. The molecule has 17 heavy (non-hydrogen) atoms. The van der Waals surface area contributed by atoms with E-state index in [1.807, 2.05) is 0 Å². The molecule has 4 heteroatoms. The highest BCUT2D eigenvalue weighted by Crippen LogP contribution is 2.28. The predicted octanol–water partition coefficient (Wildman–Crippen LogP) is 1.34. The summed E-state index contributed by atoms with van der Waals surface area (Å²) < 4.78 is 10.6. The zero-order valence-corrected chi connectivity index (χ0v) is 11.3. The quantitative estimate of drug-likeness (QED) is 0.633. The van der Waals surface area contributed by atoms with Crippen LogP contribution in [0.2, 0.25) is 0 Å². The maximum atomic E-state index is 11.4. The van der Waals surface area contributed by atoms with Crippen LogP contribution in [0.25, 0.3) is 0 Å². The first-order valence-corrected chi connectivity index (χ1v) is 6.40. The van der Waals surface area contributed by atoms with Gasteiger partial charge in [0.15, 0.2) is 0 Å². The number of carbonyl (C=O) groups is 1. The zero-order chi connectivity index (χ0) is 12.7. The lowest BCUT2D eigenvalue weighted by Gasteiger charge is -2.38. The standard InChI is InChI=1S/C13H25NO3/c1-12(2)14(6-8-16-3)9-13(10-15)5-4-7-17-11-13/h10,12H,4-9,11H2,1-3H3. The van der Waals surface area contributed by atoms with Crippen molar-refractivity contribution in [1.82, 2.24) is 4.90 Å². The summed E-state index contributed by atoms with van der Waals surface area (Å²) in [6.07, 6.45) is 3.01. The van der Waals surface area contributed by atoms with Crippen LogP contribution >= 0.6 is 0 Å². The lowest BCUT2D eigenvalue weighted by Crippen LogP contribution is -2.47. The van der Waals surface area contributed by atoms with E-state index in [1.165, 1.54) is 0 Å². The van der Waals surface area contributed by atoms with Crippen LogP contribution in [0.15, 0.2) is 0 Å². The fourth-order valence-electron chi connectivity index (χ4n) is 2.26. The molecular formula is C13H25NO3. The van der Waals surface area contributed by atoms with Gasteiger partial charge in [0, 0.05) is 32.8 Å². The minimum absolute atomic E-state index is 0.309. The molecule has 1 aliphatic heterocycles. The van der Waals surface area contributed by atoms with E-state index in [9.17, 15) is 4.79 Å². The van der Waals surface area contributed by atoms with Crippen molar-refractivity contribution in [2.45, 2.75) is 32.7 Å². The molecule has 0 spiro atoms. The van der Waals surface area contributed by atoms with E-state index in [0.717, 1.165) is 38.8 Å². The Morgan fingerprint density at radius 1 is 1.53 bits per heavy atom. The Labute approximate surface area is 104 Å². The van der Waals surface area contributed by atoms with Gasteiger partial charge in [-0.2, -0.15) is 0 Å². The Balaban J connectivity index is 2.58. The number of nitrogens with zero attached hydrogens (tertiary/aromatic N) is 1. The first kappa shape index (κ1) is 14.6. The van der Waals surface area contributed by atoms with Crippen LogP contribution in [0.5, 0.6) is 0 Å². The average molecular weight is 243 g/mol. The molecule has 0 amide bonds. The van der Waals surface area contributed by atoms with Crippen molar-refractivity contribution >= 4 is 6.29 Å². The third kappa shape index (κ3) is 4.37. The molecule has 1 fully saturated rings. The molecule has 0 radical (unpaired) electrons. The number of methoxy groups -OCH3 is 1. The van der Waals surface area contributed by atoms with Crippen molar-refractivity contribution in [3.63, 3.8) is 0 Å². The van der Waals surface area contributed by atoms with E-state index in [2.05, 4.69) is 18.7 Å². The highest BCUT2D eigenvalue weighted by molar-refractivity contribution is 5.60. The summed E-state index contributed by atoms with van der Waals surface area (Å²) in [5.41, 5.74) is -0.309. The molecule has 1 unspecified atom stereocenters. The monoisotopic (exact) mass is 243 g/mol. The first-order valence-electron chi connectivity index (χ1n) is 6.40. The fraction of sp³-hybridized carbons (Fsp3) is 0.923. The molecule has 1 rings (SSSR count). The Kier molecular flexibility index (Phi) is 6.09. The molecule has 1 saturated heterocycles. The Morgan fingerprint density at radius 3 is 2.76 bits per heavy atom. The van der Waals surface area contributed by atoms with Crippen molar-refractivity contribution in [3.05, 3.63) is 0 Å². The molecule has 0 aromatic rings. The second-order valence-corrected chi connectivity index (χ2v) is 5.19. The molecule has 4 nitrogen and oxygen atoms in total. The van der Waals surface area contributed by atoms with Crippen LogP contribution in [0.4, 0.5) is 0 Å². The number of hydrogen-bond acceptors (Lipinski definition) is 4. The summed E-state index contributed by atoms with van der Waals surface area (Å²) >= 11 is 0. The molecule has 0 saturated carbocycles. The van der Waals surface area contributed by atoms with Crippen molar-refractivity contribution in [3.8, 4) is 0 Å². The number of ether oxygens (including phenoxy) is 2. The summed E-state index contributed by atoms with van der Waals surface area (Å²) in [7, 11) is 1.71. The predicted molar refractivity (Wildman–Crippen MR) is 67.1 cm³/mol. The van der Waals surface area contributed by atoms with Crippen molar-refractivity contribution < 1.29 is 14.3 Å². The molecule has 0 aromatic heterocycles. The number of rotatable bonds is 7. The minimum atomic E-state index is -0.309. The smallest absolute Gasteiger partial charge is 0.129 e. The van der Waals surface area contributed by atoms with Crippen molar-refractivity contribution in [2.24, 2.45) is 5.41 Å². The third-order valence-corrected chi connectivity index (χ3v) is 3.43. The number of carbonyl (C=O) groups excluding carboxylic acids is 1. The second-order valence-electron chi connectivity index (χ2n) is 5.19. The van der Waals surface area contributed by atoms with Crippen LogP contribution in [0.3, 0.4) is 0 Å². The van der Waals surface area contributed by atoms with Gasteiger partial charge in [-0.25, -0.2) is 0 Å². The Hall–Kier alpha value is -0.450. The average Bonchev–Trinajstić information content (AvgIpc) is 2.35. The molecule has 0 N–H and O–H groups in total. The molecule has 0 aliphatic carbocycles. The largest absolute Gasteiger partial charge is 0.383 e. The Morgan fingerprint density at radius 2 is 2.29 bits per heavy atom. The van der Waals surface area contributed by atoms with Crippen LogP contribution in [0.1, 0.15) is 26.7 Å². The molecule has 1 atom stereocenters. The van der Waals surface area contributed by atoms with Gasteiger partial charge in [0.1, 0.15) is 6.29 Å². The van der Waals surface area contributed by atoms with Crippen molar-refractivity contribution in [2.75, 3.05) is 40.0 Å². The lowest BCUT2D eigenvalue weighted by molar-refractivity contribution is -0.126. The zero-order valence-electron chi connectivity index (χ0n) is 11.3. The summed E-state index contributed by atoms with van der Waals surface area (Å²) in [4.78, 5) is 13.7. The Bertz CT molecular complexity index is 225.